The van der Waals surface area contributed by atoms with Gasteiger partial charge in [-0.1, -0.05) is 0 Å². The molecule has 3 heteroatoms. The van der Waals surface area contributed by atoms with Gasteiger partial charge in [0.15, 0.2) is 0 Å². The fraction of sp³-hybridized carbons (Fsp3) is 0.576. The fourth-order valence-corrected chi connectivity index (χ4v) is 27.2. The molecule has 0 aliphatic heterocycles. The summed E-state index contributed by atoms with van der Waals surface area (Å²) in [6, 6.07) is 22.1. The van der Waals surface area contributed by atoms with Gasteiger partial charge in [-0.15, -0.1) is 0 Å². The number of hydrogen-bond acceptors (Lipinski definition) is 1. The van der Waals surface area contributed by atoms with Crippen molar-refractivity contribution in [2.24, 2.45) is 0 Å². The van der Waals surface area contributed by atoms with Crippen LogP contribution in [0.2, 0.25) is 22.8 Å². The third kappa shape index (κ3) is 8.60. The molecule has 0 saturated carbocycles. The van der Waals surface area contributed by atoms with Crippen LogP contribution in [-0.2, 0) is 4.43 Å². The molecule has 2 aromatic rings. The molecule has 0 unspecified atom stereocenters. The van der Waals surface area contributed by atoms with Crippen LogP contribution in [0.25, 0.3) is 0 Å². The molecule has 0 spiro atoms. The zero-order valence-corrected chi connectivity index (χ0v) is 28.2. The van der Waals surface area contributed by atoms with Crippen molar-refractivity contribution in [1.82, 2.24) is 0 Å². The predicted octanol–water partition coefficient (Wildman–Crippen LogP) is 9.36. The van der Waals surface area contributed by atoms with Crippen LogP contribution >= 0.6 is 0 Å². The molecule has 0 bridgehead atoms. The van der Waals surface area contributed by atoms with E-state index >= 15 is 0 Å². The summed E-state index contributed by atoms with van der Waals surface area (Å²) in [5.41, 5.74) is 1.48. The first-order chi connectivity index (χ1) is 17.2. The Labute approximate surface area is 229 Å². The summed E-state index contributed by atoms with van der Waals surface area (Å²) < 4.78 is 13.2. The summed E-state index contributed by atoms with van der Waals surface area (Å²) >= 11 is -2.22. The number of benzene rings is 2. The van der Waals surface area contributed by atoms with Crippen molar-refractivity contribution in [1.29, 1.82) is 0 Å². The third-order valence-electron chi connectivity index (χ3n) is 8.00. The van der Waals surface area contributed by atoms with E-state index in [1.54, 1.807) is 13.3 Å². The van der Waals surface area contributed by atoms with Crippen LogP contribution in [0.4, 0.5) is 0 Å². The van der Waals surface area contributed by atoms with Gasteiger partial charge in [0.05, 0.1) is 0 Å². The Hall–Kier alpha value is -0.844. The molecule has 0 aliphatic rings. The van der Waals surface area contributed by atoms with Crippen molar-refractivity contribution < 1.29 is 4.43 Å². The van der Waals surface area contributed by atoms with Crippen molar-refractivity contribution in [2.45, 2.75) is 109 Å². The van der Waals surface area contributed by atoms with Crippen LogP contribution in [0.5, 0.6) is 0 Å². The second-order valence-corrected chi connectivity index (χ2v) is 30.2. The normalized spacial score (nSPS) is 12.6. The van der Waals surface area contributed by atoms with Gasteiger partial charge < -0.3 is 0 Å². The molecule has 0 atom stereocenters. The van der Waals surface area contributed by atoms with Gasteiger partial charge in [0.2, 0.25) is 0 Å². The molecule has 0 fully saturated rings. The van der Waals surface area contributed by atoms with E-state index in [0.717, 1.165) is 13.0 Å². The van der Waals surface area contributed by atoms with Gasteiger partial charge in [-0.25, -0.2) is 0 Å². The van der Waals surface area contributed by atoms with Gasteiger partial charge in [0.25, 0.3) is 0 Å². The van der Waals surface area contributed by atoms with Gasteiger partial charge in [0, 0.05) is 0 Å². The number of hydrogen-bond donors (Lipinski definition) is 0. The first-order valence-corrected chi connectivity index (χ1v) is 24.6. The Morgan fingerprint density at radius 2 is 1.17 bits per heavy atom. The molecule has 200 valence electrons. The number of unbranched alkanes of at least 4 members (excludes halogenated alkanes) is 3. The second-order valence-electron chi connectivity index (χ2n) is 12.0. The monoisotopic (exact) mass is 614 g/mol. The Kier molecular flexibility index (Phi) is 13.5. The Morgan fingerprint density at radius 3 is 1.53 bits per heavy atom. The summed E-state index contributed by atoms with van der Waals surface area (Å²) in [7, 11) is -2.46. The molecule has 2 rings (SSSR count). The molecule has 36 heavy (non-hydrogen) atoms. The van der Waals surface area contributed by atoms with Crippen LogP contribution in [0.3, 0.4) is 0 Å². The molecule has 1 nitrogen and oxygen atoms in total. The van der Waals surface area contributed by atoms with E-state index in [-0.39, 0.29) is 5.04 Å². The Bertz CT molecular complexity index is 810. The molecule has 0 saturated heterocycles. The first-order valence-electron chi connectivity index (χ1n) is 14.7. The molecule has 0 N–H and O–H groups in total. The Balaban J connectivity index is 2.26. The molecule has 2 aromatic carbocycles. The maximum atomic E-state index is 7.20. The average molecular weight is 614 g/mol. The van der Waals surface area contributed by atoms with Gasteiger partial charge in [0.1, 0.15) is 0 Å². The van der Waals surface area contributed by atoms with Gasteiger partial charge >= 0.3 is 230 Å². The van der Waals surface area contributed by atoms with E-state index in [1.165, 1.54) is 58.9 Å². The molecule has 0 heterocycles. The van der Waals surface area contributed by atoms with Crippen LogP contribution in [0.1, 0.15) is 86.5 Å². The Morgan fingerprint density at radius 1 is 0.750 bits per heavy atom. The van der Waals surface area contributed by atoms with Crippen molar-refractivity contribution in [2.75, 3.05) is 6.61 Å². The van der Waals surface area contributed by atoms with E-state index in [2.05, 4.69) is 109 Å². The van der Waals surface area contributed by atoms with Gasteiger partial charge in [-0.3, -0.25) is 0 Å². The summed E-state index contributed by atoms with van der Waals surface area (Å²) in [5, 5.41) is 2.77. The summed E-state index contributed by atoms with van der Waals surface area (Å²) in [5.74, 6) is 0. The van der Waals surface area contributed by atoms with Crippen LogP contribution in [-0.4, -0.2) is 33.3 Å². The zero-order chi connectivity index (χ0) is 26.5. The topological polar surface area (TPSA) is 9.23 Å². The van der Waals surface area contributed by atoms with Crippen molar-refractivity contribution >= 4 is 37.1 Å². The standard InChI is InChI=1S/C21H27OSi.3C4H9.Sn/c1-18(2)16-17-22-23(21(3,4)5,19-12-8-6-9-13-19)20-14-10-7-11-15-20;3*1-3-4-2;/h6-15H,1-2,16-17H2,3-5H3;3*1,3-4H2,2H3;. The van der Waals surface area contributed by atoms with Gasteiger partial charge in [-0.05, 0) is 0 Å². The minimum absolute atomic E-state index is 0.0312. The number of rotatable bonds is 17. The van der Waals surface area contributed by atoms with Crippen molar-refractivity contribution in [3.05, 3.63) is 72.8 Å². The molecule has 0 amide bonds. The van der Waals surface area contributed by atoms with Crippen LogP contribution in [0, 0.1) is 0 Å². The molecular weight excluding hydrogens is 559 g/mol. The molecular formula is C33H54OSiSn. The minimum atomic E-state index is -2.46. The van der Waals surface area contributed by atoms with Crippen LogP contribution < -0.4 is 10.4 Å². The van der Waals surface area contributed by atoms with Crippen molar-refractivity contribution in [3.63, 3.8) is 0 Å². The quantitative estimate of drug-likeness (QED) is 0.128. The fourth-order valence-electron chi connectivity index (χ4n) is 6.02. The molecule has 0 aliphatic carbocycles. The van der Waals surface area contributed by atoms with Crippen molar-refractivity contribution in [3.8, 4) is 0 Å². The first kappa shape index (κ1) is 31.4. The maximum absolute atomic E-state index is 7.20. The van der Waals surface area contributed by atoms with E-state index in [9.17, 15) is 0 Å². The second kappa shape index (κ2) is 15.5. The molecule has 0 radical (unpaired) electrons. The summed E-state index contributed by atoms with van der Waals surface area (Å²) in [4.78, 5) is 0. The van der Waals surface area contributed by atoms with E-state index in [0.29, 0.717) is 0 Å². The summed E-state index contributed by atoms with van der Waals surface area (Å²) in [6.07, 6.45) is 9.29. The van der Waals surface area contributed by atoms with E-state index in [1.807, 2.05) is 0 Å². The summed E-state index contributed by atoms with van der Waals surface area (Å²) in [6.45, 7) is 19.7. The SMILES string of the molecule is C=C(CCO[Si](c1ccccc1)(c1ccccc1)C(C)(C)C)[CH2][Sn]([CH2]CCC)([CH2]CCC)[CH2]CCC. The zero-order valence-electron chi connectivity index (χ0n) is 24.4. The van der Waals surface area contributed by atoms with E-state index in [4.69, 9.17) is 4.43 Å². The van der Waals surface area contributed by atoms with E-state index < -0.39 is 26.7 Å². The van der Waals surface area contributed by atoms with Crippen LogP contribution in [0.15, 0.2) is 72.8 Å². The average Bonchev–Trinajstić information content (AvgIpc) is 2.87. The molecule has 0 aromatic heterocycles. The van der Waals surface area contributed by atoms with Gasteiger partial charge in [-0.2, -0.15) is 0 Å². The third-order valence-corrected chi connectivity index (χ3v) is 28.7. The predicted molar refractivity (Wildman–Crippen MR) is 167 cm³/mol.